The molecule has 1 aromatic carbocycles. The van der Waals surface area contributed by atoms with E-state index in [2.05, 4.69) is 5.32 Å². The molecule has 1 aliphatic heterocycles. The van der Waals surface area contributed by atoms with Gasteiger partial charge in [0, 0.05) is 32.8 Å². The van der Waals surface area contributed by atoms with Crippen molar-refractivity contribution in [1.29, 1.82) is 0 Å². The first-order valence-electron chi connectivity index (χ1n) is 7.64. The molecule has 1 heterocycles. The van der Waals surface area contributed by atoms with Crippen molar-refractivity contribution >= 4 is 17.6 Å². The molecule has 0 radical (unpaired) electrons. The lowest BCUT2D eigenvalue weighted by Crippen LogP contribution is -2.40. The Labute approximate surface area is 141 Å². The zero-order valence-electron chi connectivity index (χ0n) is 14.2. The minimum atomic E-state index is -0.233. The van der Waals surface area contributed by atoms with Crippen molar-refractivity contribution in [3.05, 3.63) is 18.2 Å². The van der Waals surface area contributed by atoms with Crippen LogP contribution in [0.25, 0.3) is 0 Å². The lowest BCUT2D eigenvalue weighted by atomic mass is 10.2. The number of urea groups is 1. The molecule has 1 fully saturated rings. The number of ether oxygens (including phenoxy) is 3. The molecule has 132 valence electrons. The maximum Gasteiger partial charge on any atom is 0.325 e. The molecule has 1 saturated heterocycles. The van der Waals surface area contributed by atoms with E-state index < -0.39 is 0 Å². The van der Waals surface area contributed by atoms with E-state index in [1.54, 1.807) is 44.4 Å². The Balaban J connectivity index is 2.04. The minimum absolute atomic E-state index is 0.0192. The summed E-state index contributed by atoms with van der Waals surface area (Å²) in [7, 11) is 4.68. The van der Waals surface area contributed by atoms with Gasteiger partial charge >= 0.3 is 6.03 Å². The molecule has 0 bridgehead atoms. The summed E-state index contributed by atoms with van der Waals surface area (Å²) >= 11 is 0. The Morgan fingerprint density at radius 3 is 2.67 bits per heavy atom. The number of hydrogen-bond donors (Lipinski definition) is 1. The van der Waals surface area contributed by atoms with Crippen molar-refractivity contribution in [2.24, 2.45) is 0 Å². The molecule has 0 atom stereocenters. The topological polar surface area (TPSA) is 80.3 Å². The summed E-state index contributed by atoms with van der Waals surface area (Å²) in [5.74, 6) is 1.00. The maximum absolute atomic E-state index is 12.6. The third kappa shape index (κ3) is 4.08. The number of benzene rings is 1. The molecule has 24 heavy (non-hydrogen) atoms. The quantitative estimate of drug-likeness (QED) is 0.707. The standard InChI is InChI=1S/C16H23N3O5/c1-22-9-6-17-15(20)11-18-7-8-19(16(18)21)13-10-12(23-2)4-5-14(13)24-3/h4-5,10H,6-9,11H2,1-3H3,(H,17,20). The van der Waals surface area contributed by atoms with Crippen molar-refractivity contribution in [3.8, 4) is 11.5 Å². The zero-order chi connectivity index (χ0) is 17.5. The lowest BCUT2D eigenvalue weighted by Gasteiger charge is -2.21. The lowest BCUT2D eigenvalue weighted by molar-refractivity contribution is -0.121. The molecular formula is C16H23N3O5. The zero-order valence-corrected chi connectivity index (χ0v) is 14.2. The SMILES string of the molecule is COCCNC(=O)CN1CCN(c2cc(OC)ccc2OC)C1=O. The van der Waals surface area contributed by atoms with Crippen LogP contribution in [0.4, 0.5) is 10.5 Å². The van der Waals surface area contributed by atoms with Crippen LogP contribution in [0.15, 0.2) is 18.2 Å². The Bertz CT molecular complexity index is 593. The predicted molar refractivity (Wildman–Crippen MR) is 88.7 cm³/mol. The van der Waals surface area contributed by atoms with Gasteiger partial charge in [0.05, 0.1) is 26.5 Å². The Morgan fingerprint density at radius 2 is 2.00 bits per heavy atom. The van der Waals surface area contributed by atoms with E-state index >= 15 is 0 Å². The molecule has 1 aromatic rings. The minimum Gasteiger partial charge on any atom is -0.497 e. The second-order valence-electron chi connectivity index (χ2n) is 5.24. The van der Waals surface area contributed by atoms with Gasteiger partial charge in [-0.05, 0) is 12.1 Å². The van der Waals surface area contributed by atoms with E-state index in [0.717, 1.165) is 0 Å². The first-order valence-corrected chi connectivity index (χ1v) is 7.64. The highest BCUT2D eigenvalue weighted by Gasteiger charge is 2.32. The van der Waals surface area contributed by atoms with Crippen LogP contribution in [-0.4, -0.2) is 71.0 Å². The predicted octanol–water partition coefficient (Wildman–Crippen LogP) is 0.708. The highest BCUT2D eigenvalue weighted by Crippen LogP contribution is 2.34. The van der Waals surface area contributed by atoms with Gasteiger partial charge in [-0.15, -0.1) is 0 Å². The van der Waals surface area contributed by atoms with E-state index in [9.17, 15) is 9.59 Å². The van der Waals surface area contributed by atoms with Gasteiger partial charge in [0.2, 0.25) is 5.91 Å². The van der Waals surface area contributed by atoms with Gasteiger partial charge in [0.1, 0.15) is 18.0 Å². The summed E-state index contributed by atoms with van der Waals surface area (Å²) < 4.78 is 15.4. The summed E-state index contributed by atoms with van der Waals surface area (Å²) in [5.41, 5.74) is 0.629. The van der Waals surface area contributed by atoms with Gasteiger partial charge in [-0.2, -0.15) is 0 Å². The molecule has 8 heteroatoms. The second-order valence-corrected chi connectivity index (χ2v) is 5.24. The van der Waals surface area contributed by atoms with Crippen molar-refractivity contribution in [3.63, 3.8) is 0 Å². The first kappa shape index (κ1) is 17.9. The summed E-state index contributed by atoms with van der Waals surface area (Å²) in [6, 6.07) is 5.04. The smallest absolute Gasteiger partial charge is 0.325 e. The number of carbonyl (C=O) groups excluding carboxylic acids is 2. The fraction of sp³-hybridized carbons (Fsp3) is 0.500. The molecule has 0 unspecified atom stereocenters. The number of methoxy groups -OCH3 is 3. The average Bonchev–Trinajstić information content (AvgIpc) is 2.95. The van der Waals surface area contributed by atoms with Crippen LogP contribution >= 0.6 is 0 Å². The van der Waals surface area contributed by atoms with Gasteiger partial charge < -0.3 is 24.4 Å². The van der Waals surface area contributed by atoms with Gasteiger partial charge in [0.15, 0.2) is 0 Å². The average molecular weight is 337 g/mol. The van der Waals surface area contributed by atoms with Crippen LogP contribution < -0.4 is 19.7 Å². The summed E-state index contributed by atoms with van der Waals surface area (Å²) in [6.07, 6.45) is 0. The number of amides is 3. The molecule has 2 rings (SSSR count). The molecule has 1 aliphatic rings. The van der Waals surface area contributed by atoms with Crippen molar-refractivity contribution in [2.45, 2.75) is 0 Å². The molecule has 3 amide bonds. The maximum atomic E-state index is 12.6. The second kappa shape index (κ2) is 8.39. The highest BCUT2D eigenvalue weighted by atomic mass is 16.5. The van der Waals surface area contributed by atoms with Crippen LogP contribution in [0.5, 0.6) is 11.5 Å². The van der Waals surface area contributed by atoms with E-state index in [1.807, 2.05) is 0 Å². The number of rotatable bonds is 8. The molecule has 0 aliphatic carbocycles. The summed E-state index contributed by atoms with van der Waals surface area (Å²) in [6.45, 7) is 1.83. The van der Waals surface area contributed by atoms with Crippen molar-refractivity contribution < 1.29 is 23.8 Å². The van der Waals surface area contributed by atoms with Crippen LogP contribution in [0.3, 0.4) is 0 Å². The molecule has 0 saturated carbocycles. The third-order valence-electron chi connectivity index (χ3n) is 3.73. The fourth-order valence-electron chi connectivity index (χ4n) is 2.48. The van der Waals surface area contributed by atoms with Gasteiger partial charge in [0.25, 0.3) is 0 Å². The van der Waals surface area contributed by atoms with E-state index in [1.165, 1.54) is 4.90 Å². The molecule has 1 N–H and O–H groups in total. The molecule has 8 nitrogen and oxygen atoms in total. The van der Waals surface area contributed by atoms with E-state index in [0.29, 0.717) is 43.4 Å². The highest BCUT2D eigenvalue weighted by molar-refractivity contribution is 5.97. The fourth-order valence-corrected chi connectivity index (χ4v) is 2.48. The Morgan fingerprint density at radius 1 is 1.21 bits per heavy atom. The molecule has 0 aromatic heterocycles. The van der Waals surface area contributed by atoms with E-state index in [-0.39, 0.29) is 18.5 Å². The monoisotopic (exact) mass is 337 g/mol. The van der Waals surface area contributed by atoms with Gasteiger partial charge in [-0.1, -0.05) is 0 Å². The Kier molecular flexibility index (Phi) is 6.25. The number of anilines is 1. The van der Waals surface area contributed by atoms with Crippen LogP contribution in [-0.2, 0) is 9.53 Å². The largest absolute Gasteiger partial charge is 0.497 e. The number of nitrogens with zero attached hydrogens (tertiary/aromatic N) is 2. The van der Waals surface area contributed by atoms with Gasteiger partial charge in [-0.3, -0.25) is 9.69 Å². The van der Waals surface area contributed by atoms with Crippen molar-refractivity contribution in [2.75, 3.05) is 59.0 Å². The van der Waals surface area contributed by atoms with E-state index in [4.69, 9.17) is 14.2 Å². The van der Waals surface area contributed by atoms with Crippen molar-refractivity contribution in [1.82, 2.24) is 10.2 Å². The molecule has 0 spiro atoms. The Hall–Kier alpha value is -2.48. The van der Waals surface area contributed by atoms with Crippen LogP contribution in [0, 0.1) is 0 Å². The summed E-state index contributed by atoms with van der Waals surface area (Å²) in [5, 5.41) is 2.71. The van der Waals surface area contributed by atoms with Crippen LogP contribution in [0.1, 0.15) is 0 Å². The summed E-state index contributed by atoms with van der Waals surface area (Å²) in [4.78, 5) is 27.5. The number of hydrogen-bond acceptors (Lipinski definition) is 5. The van der Waals surface area contributed by atoms with Gasteiger partial charge in [-0.25, -0.2) is 4.79 Å². The third-order valence-corrected chi connectivity index (χ3v) is 3.73. The normalized spacial score (nSPS) is 14.0. The number of nitrogens with one attached hydrogen (secondary N) is 1. The molecular weight excluding hydrogens is 314 g/mol. The van der Waals surface area contributed by atoms with Crippen LogP contribution in [0.2, 0.25) is 0 Å². The number of carbonyl (C=O) groups is 2. The first-order chi connectivity index (χ1) is 11.6.